The van der Waals surface area contributed by atoms with Crippen LogP contribution in [0.15, 0.2) is 29.4 Å². The number of hydrazone groups is 1. The van der Waals surface area contributed by atoms with E-state index < -0.39 is 0 Å². The summed E-state index contributed by atoms with van der Waals surface area (Å²) in [7, 11) is 0. The Morgan fingerprint density at radius 1 is 1.20 bits per heavy atom. The van der Waals surface area contributed by atoms with Crippen molar-refractivity contribution in [1.29, 1.82) is 0 Å². The third-order valence-corrected chi connectivity index (χ3v) is 8.95. The Morgan fingerprint density at radius 3 is 2.77 bits per heavy atom. The Bertz CT molecular complexity index is 969. The van der Waals surface area contributed by atoms with Crippen LogP contribution in [0, 0.1) is 17.7 Å². The van der Waals surface area contributed by atoms with Gasteiger partial charge in [-0.1, -0.05) is 56.1 Å². The summed E-state index contributed by atoms with van der Waals surface area (Å²) in [5, 5.41) is 8.66. The molecule has 7 nitrogen and oxygen atoms in total. The molecule has 35 heavy (non-hydrogen) atoms. The van der Waals surface area contributed by atoms with Crippen molar-refractivity contribution in [3.63, 3.8) is 0 Å². The van der Waals surface area contributed by atoms with Gasteiger partial charge in [0.1, 0.15) is 5.82 Å². The number of nitrogens with zero attached hydrogens (tertiary/aromatic N) is 3. The van der Waals surface area contributed by atoms with Gasteiger partial charge in [-0.25, -0.2) is 4.39 Å². The first-order valence-electron chi connectivity index (χ1n) is 13.2. The molecular formula is C26H36FN5O2S. The highest BCUT2D eigenvalue weighted by Crippen LogP contribution is 2.41. The molecule has 2 aliphatic carbocycles. The molecule has 2 N–H and O–H groups in total. The second-order valence-electron chi connectivity index (χ2n) is 10.2. The zero-order chi connectivity index (χ0) is 24.4. The fourth-order valence-corrected chi connectivity index (χ4v) is 7.12. The van der Waals surface area contributed by atoms with Crippen LogP contribution < -0.4 is 10.7 Å². The lowest BCUT2D eigenvalue weighted by molar-refractivity contribution is -0.157. The predicted molar refractivity (Wildman–Crippen MR) is 136 cm³/mol. The number of carbonyl (C=O) groups excluding carboxylic acids is 2. The number of hydrogen-bond donors (Lipinski definition) is 2. The van der Waals surface area contributed by atoms with Crippen molar-refractivity contribution in [2.45, 2.75) is 88.8 Å². The van der Waals surface area contributed by atoms with E-state index in [0.717, 1.165) is 30.9 Å². The number of hydrogen-bond acceptors (Lipinski definition) is 6. The van der Waals surface area contributed by atoms with E-state index in [0.29, 0.717) is 30.7 Å². The molecule has 1 aromatic rings. The Labute approximate surface area is 211 Å². The SMILES string of the molecule is CCCN1C(=O)C2CCC(C(=O)NC3CCCCC3)CC2N2C(SCc3ccccc3F)=NNC12. The Kier molecular flexibility index (Phi) is 7.51. The third-order valence-electron chi connectivity index (χ3n) is 7.93. The maximum Gasteiger partial charge on any atom is 0.230 e. The van der Waals surface area contributed by atoms with E-state index in [4.69, 9.17) is 0 Å². The van der Waals surface area contributed by atoms with Crippen molar-refractivity contribution in [3.8, 4) is 0 Å². The molecular weight excluding hydrogens is 465 g/mol. The van der Waals surface area contributed by atoms with E-state index in [1.54, 1.807) is 12.1 Å². The minimum atomic E-state index is -0.341. The van der Waals surface area contributed by atoms with Crippen LogP contribution in [0.5, 0.6) is 0 Å². The first-order chi connectivity index (χ1) is 17.1. The number of benzene rings is 1. The summed E-state index contributed by atoms with van der Waals surface area (Å²) in [6.45, 7) is 2.72. The van der Waals surface area contributed by atoms with E-state index >= 15 is 0 Å². The summed E-state index contributed by atoms with van der Waals surface area (Å²) in [6.07, 6.45) is 8.37. The second-order valence-corrected chi connectivity index (χ2v) is 11.2. The van der Waals surface area contributed by atoms with Crippen molar-refractivity contribution in [2.75, 3.05) is 6.54 Å². The lowest BCUT2D eigenvalue weighted by Gasteiger charge is -2.51. The first kappa shape index (κ1) is 24.4. The maximum absolute atomic E-state index is 14.2. The molecule has 1 aromatic carbocycles. The molecule has 4 aliphatic rings. The maximum atomic E-state index is 14.2. The molecule has 4 unspecified atom stereocenters. The van der Waals surface area contributed by atoms with Gasteiger partial charge >= 0.3 is 0 Å². The molecule has 2 saturated carbocycles. The number of carbonyl (C=O) groups is 2. The normalized spacial score (nSPS) is 28.7. The van der Waals surface area contributed by atoms with Gasteiger partial charge in [0.25, 0.3) is 0 Å². The number of rotatable bonds is 6. The molecule has 190 valence electrons. The van der Waals surface area contributed by atoms with Crippen LogP contribution in [0.25, 0.3) is 0 Å². The van der Waals surface area contributed by atoms with Crippen LogP contribution in [-0.4, -0.2) is 51.7 Å². The average molecular weight is 502 g/mol. The van der Waals surface area contributed by atoms with Crippen LogP contribution in [0.2, 0.25) is 0 Å². The summed E-state index contributed by atoms with van der Waals surface area (Å²) in [4.78, 5) is 30.8. The number of amides is 2. The number of halogens is 1. The van der Waals surface area contributed by atoms with Crippen molar-refractivity contribution in [1.82, 2.24) is 20.5 Å². The molecule has 3 fully saturated rings. The molecule has 0 bridgehead atoms. The lowest BCUT2D eigenvalue weighted by Crippen LogP contribution is -2.68. The molecule has 2 heterocycles. The summed E-state index contributed by atoms with van der Waals surface area (Å²) >= 11 is 1.49. The summed E-state index contributed by atoms with van der Waals surface area (Å²) in [5.74, 6) is 0.298. The zero-order valence-corrected chi connectivity index (χ0v) is 21.2. The van der Waals surface area contributed by atoms with Gasteiger partial charge in [0.05, 0.1) is 5.92 Å². The summed E-state index contributed by atoms with van der Waals surface area (Å²) in [6, 6.07) is 7.00. The van der Waals surface area contributed by atoms with Gasteiger partial charge in [-0.3, -0.25) is 15.0 Å². The Balaban J connectivity index is 1.32. The van der Waals surface area contributed by atoms with Crippen LogP contribution in [0.4, 0.5) is 4.39 Å². The number of thioether (sulfide) groups is 1. The van der Waals surface area contributed by atoms with Crippen LogP contribution in [0.3, 0.4) is 0 Å². The number of fused-ring (bicyclic) bond motifs is 3. The topological polar surface area (TPSA) is 77.0 Å². The smallest absolute Gasteiger partial charge is 0.230 e. The van der Waals surface area contributed by atoms with Gasteiger partial charge in [-0.15, -0.1) is 0 Å². The highest BCUT2D eigenvalue weighted by Gasteiger charge is 2.52. The average Bonchev–Trinajstić information content (AvgIpc) is 3.30. The highest BCUT2D eigenvalue weighted by atomic mass is 32.2. The molecule has 0 radical (unpaired) electrons. The van der Waals surface area contributed by atoms with E-state index in [2.05, 4.69) is 27.7 Å². The first-order valence-corrected chi connectivity index (χ1v) is 14.1. The summed E-state index contributed by atoms with van der Waals surface area (Å²) < 4.78 is 14.2. The molecule has 0 spiro atoms. The molecule has 1 saturated heterocycles. The van der Waals surface area contributed by atoms with E-state index in [9.17, 15) is 14.0 Å². The second kappa shape index (κ2) is 10.8. The fourth-order valence-electron chi connectivity index (χ4n) is 6.10. The van der Waals surface area contributed by atoms with Gasteiger partial charge < -0.3 is 15.1 Å². The quantitative estimate of drug-likeness (QED) is 0.616. The highest BCUT2D eigenvalue weighted by molar-refractivity contribution is 8.13. The van der Waals surface area contributed by atoms with Crippen LogP contribution >= 0.6 is 11.8 Å². The largest absolute Gasteiger partial charge is 0.353 e. The van der Waals surface area contributed by atoms with Crippen LogP contribution in [0.1, 0.15) is 70.3 Å². The fraction of sp³-hybridized carbons (Fsp3) is 0.654. The standard InChI is InChI=1S/C26H36FN5O2S/c1-2-14-31-24(34)20-13-12-17(23(33)28-19-9-4-3-5-10-19)15-22(20)32-25(31)29-30-26(32)35-16-18-8-6-7-11-21(18)27/h6-8,11,17,19-20,22,25,29H,2-5,9-10,12-16H2,1H3,(H,28,33). The van der Waals surface area contributed by atoms with E-state index in [-0.39, 0.29) is 47.8 Å². The Morgan fingerprint density at radius 2 is 2.00 bits per heavy atom. The van der Waals surface area contributed by atoms with E-state index in [1.807, 2.05) is 11.0 Å². The molecule has 2 amide bonds. The minimum absolute atomic E-state index is 0.0849. The minimum Gasteiger partial charge on any atom is -0.353 e. The van der Waals surface area contributed by atoms with Gasteiger partial charge in [0, 0.05) is 30.3 Å². The molecule has 9 heteroatoms. The molecule has 4 atom stereocenters. The van der Waals surface area contributed by atoms with Crippen LogP contribution in [-0.2, 0) is 15.3 Å². The molecule has 5 rings (SSSR count). The van der Waals surface area contributed by atoms with Crippen molar-refractivity contribution in [2.24, 2.45) is 16.9 Å². The monoisotopic (exact) mass is 501 g/mol. The van der Waals surface area contributed by atoms with E-state index in [1.165, 1.54) is 37.1 Å². The van der Waals surface area contributed by atoms with Gasteiger partial charge in [0.2, 0.25) is 11.8 Å². The third kappa shape index (κ3) is 5.01. The lowest BCUT2D eigenvalue weighted by atomic mass is 9.75. The van der Waals surface area contributed by atoms with Crippen molar-refractivity contribution < 1.29 is 14.0 Å². The molecule has 0 aromatic heterocycles. The van der Waals surface area contributed by atoms with Crippen molar-refractivity contribution in [3.05, 3.63) is 35.6 Å². The number of nitrogens with one attached hydrogen (secondary N) is 2. The predicted octanol–water partition coefficient (Wildman–Crippen LogP) is 4.00. The van der Waals surface area contributed by atoms with Gasteiger partial charge in [0.15, 0.2) is 11.5 Å². The van der Waals surface area contributed by atoms with Gasteiger partial charge in [-0.05, 0) is 50.2 Å². The summed E-state index contributed by atoms with van der Waals surface area (Å²) in [5.41, 5.74) is 3.80. The molecule has 2 aliphatic heterocycles. The van der Waals surface area contributed by atoms with Gasteiger partial charge in [-0.2, -0.15) is 5.10 Å². The zero-order valence-electron chi connectivity index (χ0n) is 20.4. The Hall–Kier alpha value is -2.29. The van der Waals surface area contributed by atoms with Crippen molar-refractivity contribution >= 4 is 28.7 Å². The number of amidine groups is 1.